The summed E-state index contributed by atoms with van der Waals surface area (Å²) in [7, 11) is 0. The fourth-order valence-electron chi connectivity index (χ4n) is 2.00. The number of rotatable bonds is 4. The maximum atomic E-state index is 13.5. The molecule has 4 nitrogen and oxygen atoms in total. The number of aliphatic hydroxyl groups excluding tert-OH is 1. The molecule has 5 heteroatoms. The van der Waals surface area contributed by atoms with E-state index in [0.717, 1.165) is 5.56 Å². The summed E-state index contributed by atoms with van der Waals surface area (Å²) in [6.07, 6.45) is 2.46. The van der Waals surface area contributed by atoms with Gasteiger partial charge in [0.15, 0.2) is 5.75 Å². The summed E-state index contributed by atoms with van der Waals surface area (Å²) >= 11 is 0. The summed E-state index contributed by atoms with van der Waals surface area (Å²) in [6.45, 7) is 2.87. The number of aromatic nitrogens is 1. The number of hydrogen-bond donors (Lipinski definition) is 2. The van der Waals surface area contributed by atoms with E-state index in [1.54, 1.807) is 6.07 Å². The molecule has 17 heavy (non-hydrogen) atoms. The quantitative estimate of drug-likeness (QED) is 0.767. The molecule has 0 saturated carbocycles. The summed E-state index contributed by atoms with van der Waals surface area (Å²) in [5.74, 6) is -0.332. The molecule has 0 bridgehead atoms. The maximum Gasteiger partial charge on any atom is 0.255 e. The van der Waals surface area contributed by atoms with Crippen LogP contribution in [0.15, 0.2) is 12.3 Å². The van der Waals surface area contributed by atoms with Gasteiger partial charge in [0.25, 0.3) is 5.95 Å². The highest BCUT2D eigenvalue weighted by molar-refractivity contribution is 5.31. The molecule has 0 spiro atoms. The van der Waals surface area contributed by atoms with Crippen molar-refractivity contribution in [2.24, 2.45) is 0 Å². The van der Waals surface area contributed by atoms with Gasteiger partial charge in [0.2, 0.25) is 0 Å². The van der Waals surface area contributed by atoms with Crippen molar-refractivity contribution in [3.05, 3.63) is 23.8 Å². The van der Waals surface area contributed by atoms with Gasteiger partial charge < -0.3 is 15.2 Å². The van der Waals surface area contributed by atoms with Crippen molar-refractivity contribution in [3.63, 3.8) is 0 Å². The lowest BCUT2D eigenvalue weighted by molar-refractivity contribution is 0.186. The van der Waals surface area contributed by atoms with Crippen LogP contribution >= 0.6 is 0 Å². The molecule has 1 aromatic heterocycles. The van der Waals surface area contributed by atoms with Crippen LogP contribution in [0.4, 0.5) is 4.39 Å². The van der Waals surface area contributed by atoms with E-state index in [9.17, 15) is 9.50 Å². The average Bonchev–Trinajstić information content (AvgIpc) is 2.73. The molecule has 2 atom stereocenters. The number of hydrogen-bond acceptors (Lipinski definition) is 4. The highest BCUT2D eigenvalue weighted by Crippen LogP contribution is 2.22. The second kappa shape index (κ2) is 5.42. The fourth-order valence-corrected chi connectivity index (χ4v) is 2.00. The number of β-amino-alcohol motifs (C(OH)–C–C–N with tert-alkyl or cyclic N) is 1. The van der Waals surface area contributed by atoms with Gasteiger partial charge in [-0.2, -0.15) is 4.39 Å². The molecule has 1 aliphatic heterocycles. The molecule has 94 valence electrons. The molecule has 2 rings (SSSR count). The number of pyridine rings is 1. The number of nitrogens with zero attached hydrogens (tertiary/aromatic N) is 1. The summed E-state index contributed by atoms with van der Waals surface area (Å²) in [6, 6.07) is 1.84. The highest BCUT2D eigenvalue weighted by atomic mass is 19.1. The summed E-state index contributed by atoms with van der Waals surface area (Å²) in [4.78, 5) is 3.59. The lowest BCUT2D eigenvalue weighted by Gasteiger charge is -2.14. The van der Waals surface area contributed by atoms with Gasteiger partial charge in [0.1, 0.15) is 6.61 Å². The molecule has 1 aromatic rings. The van der Waals surface area contributed by atoms with E-state index in [1.165, 1.54) is 6.20 Å². The largest absolute Gasteiger partial charge is 0.487 e. The molecular weight excluding hydrogens is 223 g/mol. The van der Waals surface area contributed by atoms with E-state index in [1.807, 2.05) is 6.92 Å². The Morgan fingerprint density at radius 1 is 1.65 bits per heavy atom. The molecule has 1 fully saturated rings. The molecule has 1 saturated heterocycles. The minimum absolute atomic E-state index is 0.0781. The summed E-state index contributed by atoms with van der Waals surface area (Å²) < 4.78 is 19.0. The van der Waals surface area contributed by atoms with Gasteiger partial charge in [-0.15, -0.1) is 0 Å². The minimum Gasteiger partial charge on any atom is -0.487 e. The Hall–Kier alpha value is -1.20. The van der Waals surface area contributed by atoms with Crippen molar-refractivity contribution in [2.45, 2.75) is 31.9 Å². The predicted molar refractivity (Wildman–Crippen MR) is 61.5 cm³/mol. The van der Waals surface area contributed by atoms with Gasteiger partial charge in [0, 0.05) is 24.3 Å². The third-order valence-corrected chi connectivity index (χ3v) is 2.95. The molecule has 2 N–H and O–H groups in total. The van der Waals surface area contributed by atoms with Crippen molar-refractivity contribution >= 4 is 0 Å². The second-order valence-electron chi connectivity index (χ2n) is 4.25. The Balaban J connectivity index is 1.98. The van der Waals surface area contributed by atoms with Crippen LogP contribution < -0.4 is 10.1 Å². The minimum atomic E-state index is -0.567. The van der Waals surface area contributed by atoms with Crippen LogP contribution in [0.5, 0.6) is 5.75 Å². The zero-order chi connectivity index (χ0) is 12.3. The molecule has 0 amide bonds. The fraction of sp³-hybridized carbons (Fsp3) is 0.583. The van der Waals surface area contributed by atoms with Gasteiger partial charge in [-0.3, -0.25) is 0 Å². The van der Waals surface area contributed by atoms with E-state index in [0.29, 0.717) is 26.0 Å². The first-order valence-electron chi connectivity index (χ1n) is 5.88. The van der Waals surface area contributed by atoms with E-state index in [4.69, 9.17) is 4.74 Å². The molecule has 0 aliphatic carbocycles. The molecular formula is C12H17FN2O2. The van der Waals surface area contributed by atoms with E-state index < -0.39 is 5.95 Å². The van der Waals surface area contributed by atoms with E-state index >= 15 is 0 Å². The van der Waals surface area contributed by atoms with E-state index in [2.05, 4.69) is 10.3 Å². The Bertz CT molecular complexity index is 387. The van der Waals surface area contributed by atoms with Gasteiger partial charge in [0.05, 0.1) is 6.10 Å². The zero-order valence-electron chi connectivity index (χ0n) is 9.82. The van der Waals surface area contributed by atoms with Gasteiger partial charge in [-0.25, -0.2) is 4.98 Å². The third kappa shape index (κ3) is 2.92. The standard InChI is InChI=1S/C12H17FN2O2/c1-2-8-3-4-14-12(13)11(8)17-7-9-5-10(16)6-15-9/h3-4,9-10,15-16H,2,5-7H2,1H3. The van der Waals surface area contributed by atoms with Crippen LogP contribution in [-0.4, -0.2) is 35.4 Å². The predicted octanol–water partition coefficient (Wildman–Crippen LogP) is 0.885. The van der Waals surface area contributed by atoms with Crippen LogP contribution in [0, 0.1) is 5.95 Å². The van der Waals surface area contributed by atoms with Gasteiger partial charge in [-0.05, 0) is 18.9 Å². The molecule has 2 heterocycles. The van der Waals surface area contributed by atoms with Crippen LogP contribution in [0.25, 0.3) is 0 Å². The van der Waals surface area contributed by atoms with Crippen LogP contribution in [0.2, 0.25) is 0 Å². The second-order valence-corrected chi connectivity index (χ2v) is 4.25. The Morgan fingerprint density at radius 2 is 2.47 bits per heavy atom. The third-order valence-electron chi connectivity index (χ3n) is 2.95. The van der Waals surface area contributed by atoms with E-state index in [-0.39, 0.29) is 17.9 Å². The SMILES string of the molecule is CCc1ccnc(F)c1OCC1CC(O)CN1. The highest BCUT2D eigenvalue weighted by Gasteiger charge is 2.23. The normalized spacial score (nSPS) is 23.9. The first-order chi connectivity index (χ1) is 8.20. The number of aliphatic hydroxyl groups is 1. The van der Waals surface area contributed by atoms with Gasteiger partial charge in [-0.1, -0.05) is 6.92 Å². The Morgan fingerprint density at radius 3 is 3.12 bits per heavy atom. The maximum absolute atomic E-state index is 13.5. The van der Waals surface area contributed by atoms with Crippen LogP contribution in [-0.2, 0) is 6.42 Å². The number of aryl methyl sites for hydroxylation is 1. The lowest BCUT2D eigenvalue weighted by Crippen LogP contribution is -2.28. The van der Waals surface area contributed by atoms with Crippen LogP contribution in [0.3, 0.4) is 0 Å². The van der Waals surface area contributed by atoms with Crippen molar-refractivity contribution < 1.29 is 14.2 Å². The van der Waals surface area contributed by atoms with Crippen molar-refractivity contribution in [2.75, 3.05) is 13.2 Å². The summed E-state index contributed by atoms with van der Waals surface area (Å²) in [5.41, 5.74) is 0.816. The number of ether oxygens (including phenoxy) is 1. The first-order valence-corrected chi connectivity index (χ1v) is 5.88. The first kappa shape index (κ1) is 12.3. The number of nitrogens with one attached hydrogen (secondary N) is 1. The average molecular weight is 240 g/mol. The van der Waals surface area contributed by atoms with Crippen molar-refractivity contribution in [1.29, 1.82) is 0 Å². The smallest absolute Gasteiger partial charge is 0.255 e. The zero-order valence-corrected chi connectivity index (χ0v) is 9.82. The summed E-state index contributed by atoms with van der Waals surface area (Å²) in [5, 5.41) is 12.5. The van der Waals surface area contributed by atoms with Crippen molar-refractivity contribution in [3.8, 4) is 5.75 Å². The molecule has 2 unspecified atom stereocenters. The van der Waals surface area contributed by atoms with Crippen molar-refractivity contribution in [1.82, 2.24) is 10.3 Å². The number of halogens is 1. The Labute approximate surface area is 99.8 Å². The monoisotopic (exact) mass is 240 g/mol. The van der Waals surface area contributed by atoms with Gasteiger partial charge >= 0.3 is 0 Å². The Kier molecular flexibility index (Phi) is 3.91. The van der Waals surface area contributed by atoms with Crippen LogP contribution in [0.1, 0.15) is 18.9 Å². The molecule has 0 aromatic carbocycles. The molecule has 1 aliphatic rings. The molecule has 0 radical (unpaired) electrons. The lowest BCUT2D eigenvalue weighted by atomic mass is 10.2. The topological polar surface area (TPSA) is 54.4 Å².